The van der Waals surface area contributed by atoms with Crippen molar-refractivity contribution in [2.24, 2.45) is 5.84 Å². The van der Waals surface area contributed by atoms with E-state index in [0.29, 0.717) is 0 Å². The minimum absolute atomic E-state index is 0.311. The zero-order valence-electron chi connectivity index (χ0n) is 9.77. The predicted molar refractivity (Wildman–Crippen MR) is 68.2 cm³/mol. The van der Waals surface area contributed by atoms with Gasteiger partial charge in [0.25, 0.3) is 5.91 Å². The topological polar surface area (TPSA) is 140 Å². The van der Waals surface area contributed by atoms with Crippen molar-refractivity contribution in [3.05, 3.63) is 33.1 Å². The molecule has 0 bridgehead atoms. The fourth-order valence-electron chi connectivity index (χ4n) is 1.38. The third-order valence-electron chi connectivity index (χ3n) is 2.38. The molecule has 0 aliphatic heterocycles. The maximum absolute atomic E-state index is 11.9. The average Bonchev–Trinajstić information content (AvgIpc) is 2.36. The molecular formula is C9H11ClN3O5S-. The van der Waals surface area contributed by atoms with Crippen molar-refractivity contribution < 1.29 is 18.4 Å². The number of benzene rings is 1. The SMILES string of the molecule is CCS(=O)(=O)c1cc([NH+]([O-])[O-])c(Cl)cc1C(=O)NN. The van der Waals surface area contributed by atoms with Crippen LogP contribution in [0.25, 0.3) is 0 Å². The van der Waals surface area contributed by atoms with E-state index >= 15 is 0 Å². The molecule has 1 rings (SSSR count). The molecule has 0 saturated heterocycles. The normalized spacial score (nSPS) is 11.7. The Labute approximate surface area is 114 Å². The summed E-state index contributed by atoms with van der Waals surface area (Å²) in [6.45, 7) is 1.35. The van der Waals surface area contributed by atoms with Gasteiger partial charge in [-0.25, -0.2) is 14.3 Å². The van der Waals surface area contributed by atoms with Crippen molar-refractivity contribution in [1.29, 1.82) is 0 Å². The molecule has 1 amide bonds. The summed E-state index contributed by atoms with van der Waals surface area (Å²) in [4.78, 5) is 11.1. The number of nitrogens with one attached hydrogen (secondary N) is 2. The lowest BCUT2D eigenvalue weighted by Gasteiger charge is -2.26. The quantitative estimate of drug-likeness (QED) is 0.380. The van der Waals surface area contributed by atoms with E-state index in [1.54, 1.807) is 5.43 Å². The first-order chi connectivity index (χ1) is 8.74. The van der Waals surface area contributed by atoms with Gasteiger partial charge in [0, 0.05) is 6.07 Å². The highest BCUT2D eigenvalue weighted by Gasteiger charge is 2.24. The van der Waals surface area contributed by atoms with Crippen LogP contribution < -0.4 is 16.5 Å². The number of halogens is 1. The van der Waals surface area contributed by atoms with Gasteiger partial charge in [-0.2, -0.15) is 0 Å². The second-order valence-corrected chi connectivity index (χ2v) is 6.15. The second-order valence-electron chi connectivity index (χ2n) is 3.49. The number of amides is 1. The minimum Gasteiger partial charge on any atom is -0.628 e. The van der Waals surface area contributed by atoms with E-state index in [2.05, 4.69) is 0 Å². The van der Waals surface area contributed by atoms with Gasteiger partial charge in [-0.3, -0.25) is 10.2 Å². The summed E-state index contributed by atoms with van der Waals surface area (Å²) >= 11 is 5.65. The van der Waals surface area contributed by atoms with Crippen LogP contribution in [0.15, 0.2) is 17.0 Å². The zero-order chi connectivity index (χ0) is 14.8. The molecule has 19 heavy (non-hydrogen) atoms. The smallest absolute Gasteiger partial charge is 0.266 e. The molecule has 0 spiro atoms. The average molecular weight is 309 g/mol. The molecule has 0 atom stereocenters. The molecule has 0 aliphatic rings. The van der Waals surface area contributed by atoms with Crippen LogP contribution in [0, 0.1) is 10.4 Å². The lowest BCUT2D eigenvalue weighted by Crippen LogP contribution is -2.96. The molecular weight excluding hydrogens is 298 g/mol. The van der Waals surface area contributed by atoms with Crippen LogP contribution in [0.2, 0.25) is 5.02 Å². The number of nitrogens with two attached hydrogens (primary N) is 1. The Kier molecular flexibility index (Phi) is 4.85. The van der Waals surface area contributed by atoms with Crippen LogP contribution in [-0.2, 0) is 9.84 Å². The van der Waals surface area contributed by atoms with Gasteiger partial charge in [0.1, 0.15) is 5.02 Å². The number of rotatable bonds is 4. The molecule has 0 fully saturated rings. The van der Waals surface area contributed by atoms with Gasteiger partial charge in [-0.05, 0) is 6.07 Å². The summed E-state index contributed by atoms with van der Waals surface area (Å²) in [7, 11) is -3.82. The first-order valence-corrected chi connectivity index (χ1v) is 7.06. The van der Waals surface area contributed by atoms with Crippen LogP contribution in [0.1, 0.15) is 17.3 Å². The largest absolute Gasteiger partial charge is 0.628 e. The van der Waals surface area contributed by atoms with Crippen molar-refractivity contribution in [1.82, 2.24) is 5.43 Å². The number of nitrogen functional groups attached to an aromatic ring is 1. The first-order valence-electron chi connectivity index (χ1n) is 5.03. The summed E-state index contributed by atoms with van der Waals surface area (Å²) in [5, 5.41) is 19.7. The third kappa shape index (κ3) is 3.21. The summed E-state index contributed by atoms with van der Waals surface area (Å²) in [6, 6.07) is 1.72. The van der Waals surface area contributed by atoms with E-state index in [9.17, 15) is 23.6 Å². The molecule has 1 aromatic rings. The van der Waals surface area contributed by atoms with E-state index in [0.717, 1.165) is 12.1 Å². The molecule has 0 unspecified atom stereocenters. The van der Waals surface area contributed by atoms with Gasteiger partial charge in [-0.1, -0.05) is 18.5 Å². The van der Waals surface area contributed by atoms with Crippen LogP contribution >= 0.6 is 11.6 Å². The molecule has 4 N–H and O–H groups in total. The Morgan fingerprint density at radius 1 is 1.47 bits per heavy atom. The number of sulfone groups is 1. The van der Waals surface area contributed by atoms with Crippen molar-refractivity contribution >= 4 is 33.0 Å². The van der Waals surface area contributed by atoms with Gasteiger partial charge in [0.15, 0.2) is 15.5 Å². The van der Waals surface area contributed by atoms with Crippen molar-refractivity contribution in [2.45, 2.75) is 11.8 Å². The molecule has 0 heterocycles. The van der Waals surface area contributed by atoms with E-state index in [4.69, 9.17) is 17.4 Å². The van der Waals surface area contributed by atoms with Crippen molar-refractivity contribution in [2.75, 3.05) is 5.75 Å². The zero-order valence-corrected chi connectivity index (χ0v) is 11.3. The number of carbonyl (C=O) groups is 1. The lowest BCUT2D eigenvalue weighted by molar-refractivity contribution is -0.715. The molecule has 0 aliphatic carbocycles. The highest BCUT2D eigenvalue weighted by molar-refractivity contribution is 7.91. The van der Waals surface area contributed by atoms with Gasteiger partial charge >= 0.3 is 0 Å². The Hall–Kier alpha value is -1.23. The highest BCUT2D eigenvalue weighted by Crippen LogP contribution is 2.27. The molecule has 0 radical (unpaired) electrons. The fraction of sp³-hybridized carbons (Fsp3) is 0.222. The Balaban J connectivity index is 3.65. The molecule has 106 valence electrons. The van der Waals surface area contributed by atoms with Crippen molar-refractivity contribution in [3.63, 3.8) is 0 Å². The number of hydrogen-bond acceptors (Lipinski definition) is 6. The lowest BCUT2D eigenvalue weighted by atomic mass is 10.2. The Morgan fingerprint density at radius 2 is 2.05 bits per heavy atom. The van der Waals surface area contributed by atoms with Crippen LogP contribution in [0.3, 0.4) is 0 Å². The maximum atomic E-state index is 11.9. The number of hydrogen-bond donors (Lipinski definition) is 3. The molecule has 8 nitrogen and oxygen atoms in total. The van der Waals surface area contributed by atoms with Crippen LogP contribution in [-0.4, -0.2) is 20.1 Å². The molecule has 1 aromatic carbocycles. The van der Waals surface area contributed by atoms with Crippen molar-refractivity contribution in [3.8, 4) is 0 Å². The highest BCUT2D eigenvalue weighted by atomic mass is 35.5. The maximum Gasteiger partial charge on any atom is 0.266 e. The molecule has 0 aromatic heterocycles. The standard InChI is InChI=1S/C9H11ClN3O5S/c1-2-19(17,18)8-4-7(13(15)16)6(10)3-5(8)9(14)12-11/h3-4,13H,2,11H2,1H3,(H,12,14)/q-1. The van der Waals surface area contributed by atoms with Gasteiger partial charge in [0.05, 0.1) is 16.2 Å². The Bertz CT molecular complexity index is 602. The summed E-state index contributed by atoms with van der Waals surface area (Å²) in [6.07, 6.45) is 0. The minimum atomic E-state index is -3.82. The van der Waals surface area contributed by atoms with Crippen LogP contribution in [0.5, 0.6) is 0 Å². The fourth-order valence-corrected chi connectivity index (χ4v) is 2.71. The summed E-state index contributed by atoms with van der Waals surface area (Å²) in [5.41, 5.74) is 0.937. The second kappa shape index (κ2) is 5.82. The van der Waals surface area contributed by atoms with E-state index in [1.165, 1.54) is 6.92 Å². The Morgan fingerprint density at radius 3 is 2.47 bits per heavy atom. The van der Waals surface area contributed by atoms with E-state index in [-0.39, 0.29) is 16.3 Å². The van der Waals surface area contributed by atoms with Gasteiger partial charge in [-0.15, -0.1) is 0 Å². The monoisotopic (exact) mass is 308 g/mol. The number of hydrazine groups is 1. The van der Waals surface area contributed by atoms with E-state index < -0.39 is 31.6 Å². The predicted octanol–water partition coefficient (Wildman–Crippen LogP) is -0.751. The number of carbonyl (C=O) groups excluding carboxylic acids is 1. The first kappa shape index (κ1) is 15.8. The van der Waals surface area contributed by atoms with Gasteiger partial charge in [0.2, 0.25) is 0 Å². The molecule has 10 heteroatoms. The van der Waals surface area contributed by atoms with E-state index in [1.807, 2.05) is 0 Å². The summed E-state index contributed by atoms with van der Waals surface area (Å²) < 4.78 is 23.7. The van der Waals surface area contributed by atoms with Gasteiger partial charge < -0.3 is 15.6 Å². The van der Waals surface area contributed by atoms with Crippen LogP contribution in [0.4, 0.5) is 5.69 Å². The molecule has 0 saturated carbocycles. The third-order valence-corrected chi connectivity index (χ3v) is 4.46. The summed E-state index contributed by atoms with van der Waals surface area (Å²) in [5.74, 6) is 3.74. The number of quaternary nitrogens is 1.